The smallest absolute Gasteiger partial charge is 0.254 e. The van der Waals surface area contributed by atoms with Crippen LogP contribution in [0.1, 0.15) is 29.3 Å². The summed E-state index contributed by atoms with van der Waals surface area (Å²) < 4.78 is 0. The lowest BCUT2D eigenvalue weighted by molar-refractivity contribution is 0.0953. The zero-order chi connectivity index (χ0) is 15.2. The first-order chi connectivity index (χ1) is 10.1. The Bertz CT molecular complexity index is 628. The minimum absolute atomic E-state index is 0.165. The second-order valence-corrected chi connectivity index (χ2v) is 5.05. The van der Waals surface area contributed by atoms with Crippen molar-refractivity contribution in [1.29, 1.82) is 0 Å². The highest BCUT2D eigenvalue weighted by Gasteiger charge is 2.06. The van der Waals surface area contributed by atoms with E-state index in [1.807, 2.05) is 32.0 Å². The van der Waals surface area contributed by atoms with E-state index >= 15 is 0 Å². The first-order valence-corrected chi connectivity index (χ1v) is 7.11. The van der Waals surface area contributed by atoms with Crippen molar-refractivity contribution in [3.63, 3.8) is 0 Å². The molecule has 1 aromatic heterocycles. The number of rotatable bonds is 5. The fourth-order valence-electron chi connectivity index (χ4n) is 1.65. The minimum Gasteiger partial charge on any atom is -0.352 e. The lowest BCUT2D eigenvalue weighted by atomic mass is 10.2. The van der Waals surface area contributed by atoms with Crippen LogP contribution in [0, 0.1) is 6.92 Å². The minimum atomic E-state index is -0.165. The fourth-order valence-corrected chi connectivity index (χ4v) is 1.83. The van der Waals surface area contributed by atoms with Crippen molar-refractivity contribution in [3.05, 3.63) is 46.7 Å². The number of anilines is 2. The average molecular weight is 305 g/mol. The number of benzene rings is 1. The van der Waals surface area contributed by atoms with E-state index in [0.717, 1.165) is 17.7 Å². The predicted octanol–water partition coefficient (Wildman–Crippen LogP) is 3.32. The highest BCUT2D eigenvalue weighted by Crippen LogP contribution is 2.21. The molecule has 0 atom stereocenters. The van der Waals surface area contributed by atoms with Crippen LogP contribution in [0.4, 0.5) is 11.6 Å². The van der Waals surface area contributed by atoms with Gasteiger partial charge in [0.1, 0.15) is 0 Å². The second-order valence-electron chi connectivity index (χ2n) is 4.64. The number of aromatic nitrogens is 2. The van der Waals surface area contributed by atoms with Gasteiger partial charge in [-0.1, -0.05) is 24.6 Å². The third kappa shape index (κ3) is 4.16. The lowest BCUT2D eigenvalue weighted by Crippen LogP contribution is -2.24. The van der Waals surface area contributed by atoms with Crippen molar-refractivity contribution in [2.24, 2.45) is 0 Å². The van der Waals surface area contributed by atoms with Crippen LogP contribution in [-0.4, -0.2) is 22.4 Å². The number of halogens is 1. The summed E-state index contributed by atoms with van der Waals surface area (Å²) in [5.41, 5.74) is 2.25. The zero-order valence-electron chi connectivity index (χ0n) is 12.0. The van der Waals surface area contributed by atoms with Gasteiger partial charge in [0, 0.05) is 29.6 Å². The number of aryl methyl sites for hydroxylation is 1. The maximum absolute atomic E-state index is 11.7. The molecule has 0 aliphatic carbocycles. The monoisotopic (exact) mass is 304 g/mol. The Hall–Kier alpha value is -2.14. The van der Waals surface area contributed by atoms with Crippen LogP contribution >= 0.6 is 11.6 Å². The molecule has 21 heavy (non-hydrogen) atoms. The molecule has 110 valence electrons. The van der Waals surface area contributed by atoms with E-state index in [4.69, 9.17) is 11.6 Å². The van der Waals surface area contributed by atoms with Gasteiger partial charge in [-0.05, 0) is 31.0 Å². The normalized spacial score (nSPS) is 10.2. The summed E-state index contributed by atoms with van der Waals surface area (Å²) in [6, 6.07) is 5.62. The van der Waals surface area contributed by atoms with Crippen LogP contribution in [-0.2, 0) is 0 Å². The molecule has 1 heterocycles. The number of hydrogen-bond acceptors (Lipinski definition) is 4. The molecule has 2 rings (SSSR count). The molecule has 6 heteroatoms. The Balaban J connectivity index is 2.05. The molecule has 0 radical (unpaired) electrons. The van der Waals surface area contributed by atoms with Crippen molar-refractivity contribution in [2.75, 3.05) is 11.9 Å². The van der Waals surface area contributed by atoms with Gasteiger partial charge in [-0.15, -0.1) is 0 Å². The summed E-state index contributed by atoms with van der Waals surface area (Å²) in [5, 5.41) is 6.49. The van der Waals surface area contributed by atoms with Crippen LogP contribution in [0.15, 0.2) is 30.6 Å². The largest absolute Gasteiger partial charge is 0.352 e. The van der Waals surface area contributed by atoms with Crippen LogP contribution in [0.2, 0.25) is 5.02 Å². The summed E-state index contributed by atoms with van der Waals surface area (Å²) in [7, 11) is 0. The van der Waals surface area contributed by atoms with E-state index in [-0.39, 0.29) is 5.91 Å². The molecular formula is C15H17ClN4O. The van der Waals surface area contributed by atoms with Crippen LogP contribution in [0.5, 0.6) is 0 Å². The average Bonchev–Trinajstić information content (AvgIpc) is 2.49. The van der Waals surface area contributed by atoms with E-state index in [1.165, 1.54) is 12.4 Å². The Morgan fingerprint density at radius 1 is 1.29 bits per heavy atom. The van der Waals surface area contributed by atoms with Gasteiger partial charge in [0.2, 0.25) is 5.95 Å². The zero-order valence-corrected chi connectivity index (χ0v) is 12.7. The molecule has 5 nitrogen and oxygen atoms in total. The number of hydrogen-bond donors (Lipinski definition) is 2. The lowest BCUT2D eigenvalue weighted by Gasteiger charge is -2.07. The Kier molecular flexibility index (Phi) is 5.11. The number of nitrogens with one attached hydrogen (secondary N) is 2. The van der Waals surface area contributed by atoms with Gasteiger partial charge < -0.3 is 10.6 Å². The van der Waals surface area contributed by atoms with Gasteiger partial charge >= 0.3 is 0 Å². The molecule has 1 aromatic carbocycles. The maximum atomic E-state index is 11.7. The number of carbonyl (C=O) groups is 1. The van der Waals surface area contributed by atoms with Crippen LogP contribution in [0.3, 0.4) is 0 Å². The molecule has 0 aliphatic heterocycles. The van der Waals surface area contributed by atoms with Crippen molar-refractivity contribution in [1.82, 2.24) is 15.3 Å². The van der Waals surface area contributed by atoms with Crippen molar-refractivity contribution in [3.8, 4) is 0 Å². The van der Waals surface area contributed by atoms with E-state index in [9.17, 15) is 4.79 Å². The Labute approximate surface area is 128 Å². The third-order valence-corrected chi connectivity index (χ3v) is 3.28. The van der Waals surface area contributed by atoms with Crippen LogP contribution < -0.4 is 10.6 Å². The van der Waals surface area contributed by atoms with E-state index in [1.54, 1.807) is 0 Å². The van der Waals surface area contributed by atoms with Crippen molar-refractivity contribution in [2.45, 2.75) is 20.3 Å². The fraction of sp³-hybridized carbons (Fsp3) is 0.267. The van der Waals surface area contributed by atoms with Crippen molar-refractivity contribution >= 4 is 29.1 Å². The molecule has 2 N–H and O–H groups in total. The third-order valence-electron chi connectivity index (χ3n) is 2.88. The second kappa shape index (κ2) is 7.04. The van der Waals surface area contributed by atoms with Gasteiger partial charge in [0.25, 0.3) is 5.91 Å². The van der Waals surface area contributed by atoms with E-state index in [2.05, 4.69) is 20.6 Å². The standard InChI is InChI=1S/C15H17ClN4O/c1-3-6-17-14(21)11-8-18-15(19-9-11)20-12-5-4-10(2)13(16)7-12/h4-5,7-9H,3,6H2,1-2H3,(H,17,21)(H,18,19,20). The van der Waals surface area contributed by atoms with E-state index < -0.39 is 0 Å². The van der Waals surface area contributed by atoms with Gasteiger partial charge in [0.05, 0.1) is 5.56 Å². The SMILES string of the molecule is CCCNC(=O)c1cnc(Nc2ccc(C)c(Cl)c2)nc1. The Morgan fingerprint density at radius 2 is 2.00 bits per heavy atom. The molecule has 0 unspecified atom stereocenters. The highest BCUT2D eigenvalue weighted by molar-refractivity contribution is 6.31. The number of amides is 1. The number of carbonyl (C=O) groups excluding carboxylic acids is 1. The Morgan fingerprint density at radius 3 is 2.62 bits per heavy atom. The molecule has 0 saturated carbocycles. The van der Waals surface area contributed by atoms with Crippen LogP contribution in [0.25, 0.3) is 0 Å². The molecule has 0 bridgehead atoms. The molecule has 2 aromatic rings. The molecule has 0 saturated heterocycles. The van der Waals surface area contributed by atoms with Gasteiger partial charge in [0.15, 0.2) is 0 Å². The molecule has 0 aliphatic rings. The first kappa shape index (κ1) is 15.3. The predicted molar refractivity (Wildman–Crippen MR) is 84.1 cm³/mol. The maximum Gasteiger partial charge on any atom is 0.254 e. The van der Waals surface area contributed by atoms with E-state index in [0.29, 0.717) is 23.1 Å². The number of nitrogens with zero attached hydrogens (tertiary/aromatic N) is 2. The van der Waals surface area contributed by atoms with Gasteiger partial charge in [-0.25, -0.2) is 9.97 Å². The topological polar surface area (TPSA) is 66.9 Å². The summed E-state index contributed by atoms with van der Waals surface area (Å²) >= 11 is 6.06. The molecular weight excluding hydrogens is 288 g/mol. The highest BCUT2D eigenvalue weighted by atomic mass is 35.5. The summed E-state index contributed by atoms with van der Waals surface area (Å²) in [4.78, 5) is 20.0. The van der Waals surface area contributed by atoms with Gasteiger partial charge in [-0.3, -0.25) is 4.79 Å². The summed E-state index contributed by atoms with van der Waals surface area (Å²) in [6.07, 6.45) is 3.88. The summed E-state index contributed by atoms with van der Waals surface area (Å²) in [6.45, 7) is 4.57. The van der Waals surface area contributed by atoms with Crippen molar-refractivity contribution < 1.29 is 4.79 Å². The summed E-state index contributed by atoms with van der Waals surface area (Å²) in [5.74, 6) is 0.253. The first-order valence-electron chi connectivity index (χ1n) is 6.73. The molecule has 0 spiro atoms. The van der Waals surface area contributed by atoms with Gasteiger partial charge in [-0.2, -0.15) is 0 Å². The molecule has 1 amide bonds. The molecule has 0 fully saturated rings. The quantitative estimate of drug-likeness (QED) is 0.889.